The Balaban J connectivity index is 1.51. The van der Waals surface area contributed by atoms with E-state index >= 15 is 0 Å². The maximum atomic E-state index is 13.5. The summed E-state index contributed by atoms with van der Waals surface area (Å²) in [5.41, 5.74) is 2.23. The predicted molar refractivity (Wildman–Crippen MR) is 147 cm³/mol. The molecule has 0 spiro atoms. The third kappa shape index (κ3) is 5.64. The number of nitrogens with zero attached hydrogens (tertiary/aromatic N) is 2. The first-order valence-electron chi connectivity index (χ1n) is 12.6. The first kappa shape index (κ1) is 26.7. The van der Waals surface area contributed by atoms with E-state index in [0.29, 0.717) is 23.5 Å². The molecule has 1 atom stereocenters. The molecule has 0 aliphatic carbocycles. The second kappa shape index (κ2) is 10.2. The van der Waals surface area contributed by atoms with Crippen molar-refractivity contribution >= 4 is 38.3 Å². The zero-order valence-corrected chi connectivity index (χ0v) is 22.9. The van der Waals surface area contributed by atoms with Gasteiger partial charge in [0.05, 0.1) is 10.6 Å². The molecule has 0 saturated carbocycles. The van der Waals surface area contributed by atoms with Crippen LogP contribution in [0, 0.1) is 6.92 Å². The summed E-state index contributed by atoms with van der Waals surface area (Å²) in [6.45, 7) is 9.91. The van der Waals surface area contributed by atoms with Crippen molar-refractivity contribution in [2.75, 3.05) is 10.8 Å². The zero-order valence-electron chi connectivity index (χ0n) is 22.1. The SMILES string of the molecule is Cc1cccc(CN(C(=O)CCCN2c3cccc4cccc(c34)S2(=O)=O)C(C)C(=O)NC(C)(C)C)c1. The molecule has 1 N–H and O–H groups in total. The molecule has 3 aromatic rings. The van der Waals surface area contributed by atoms with Crippen molar-refractivity contribution in [2.45, 2.75) is 70.5 Å². The normalized spacial score (nSPS) is 15.0. The summed E-state index contributed by atoms with van der Waals surface area (Å²) in [5.74, 6) is -0.414. The highest BCUT2D eigenvalue weighted by Crippen LogP contribution is 2.42. The molecule has 7 nitrogen and oxygen atoms in total. The van der Waals surface area contributed by atoms with Gasteiger partial charge in [0.1, 0.15) is 6.04 Å². The van der Waals surface area contributed by atoms with Crippen LogP contribution in [0.5, 0.6) is 0 Å². The van der Waals surface area contributed by atoms with E-state index in [4.69, 9.17) is 0 Å². The van der Waals surface area contributed by atoms with E-state index < -0.39 is 21.6 Å². The third-order valence-corrected chi connectivity index (χ3v) is 8.39. The number of amides is 2. The van der Waals surface area contributed by atoms with Crippen LogP contribution in [0.1, 0.15) is 51.7 Å². The molecule has 1 heterocycles. The van der Waals surface area contributed by atoms with Crippen LogP contribution in [0.3, 0.4) is 0 Å². The Morgan fingerprint density at radius 2 is 1.70 bits per heavy atom. The molecule has 0 aromatic heterocycles. The van der Waals surface area contributed by atoms with Gasteiger partial charge in [-0.3, -0.25) is 13.9 Å². The van der Waals surface area contributed by atoms with E-state index in [1.807, 2.05) is 70.2 Å². The number of carbonyl (C=O) groups excluding carboxylic acids is 2. The summed E-state index contributed by atoms with van der Waals surface area (Å²) in [7, 11) is -3.68. The van der Waals surface area contributed by atoms with Crippen LogP contribution in [0.15, 0.2) is 65.6 Å². The fourth-order valence-electron chi connectivity index (χ4n) is 4.78. The minimum absolute atomic E-state index is 0.122. The Bertz CT molecular complexity index is 1440. The lowest BCUT2D eigenvalue weighted by atomic mass is 10.1. The Kier molecular flexibility index (Phi) is 7.33. The molecule has 0 radical (unpaired) electrons. The van der Waals surface area contributed by atoms with Crippen molar-refractivity contribution in [1.82, 2.24) is 10.2 Å². The quantitative estimate of drug-likeness (QED) is 0.463. The average Bonchev–Trinajstić information content (AvgIpc) is 3.04. The lowest BCUT2D eigenvalue weighted by Crippen LogP contribution is -2.52. The second-order valence-corrected chi connectivity index (χ2v) is 12.6. The van der Waals surface area contributed by atoms with Gasteiger partial charge in [0.2, 0.25) is 11.8 Å². The van der Waals surface area contributed by atoms with Crippen LogP contribution >= 0.6 is 0 Å². The maximum absolute atomic E-state index is 13.5. The van der Waals surface area contributed by atoms with Gasteiger partial charge in [-0.1, -0.05) is 54.1 Å². The molecule has 3 aromatic carbocycles. The van der Waals surface area contributed by atoms with Gasteiger partial charge < -0.3 is 10.2 Å². The minimum atomic E-state index is -3.68. The first-order chi connectivity index (χ1) is 17.4. The van der Waals surface area contributed by atoms with Crippen LogP contribution in [-0.2, 0) is 26.2 Å². The van der Waals surface area contributed by atoms with Gasteiger partial charge in [-0.2, -0.15) is 0 Å². The average molecular weight is 522 g/mol. The fraction of sp³-hybridized carbons (Fsp3) is 0.379. The van der Waals surface area contributed by atoms with Crippen LogP contribution in [0.2, 0.25) is 0 Å². The van der Waals surface area contributed by atoms with Crippen LogP contribution in [-0.4, -0.2) is 43.3 Å². The van der Waals surface area contributed by atoms with Crippen LogP contribution in [0.4, 0.5) is 5.69 Å². The van der Waals surface area contributed by atoms with Gasteiger partial charge in [-0.15, -0.1) is 0 Å². The summed E-state index contributed by atoms with van der Waals surface area (Å²) in [4.78, 5) is 28.3. The van der Waals surface area contributed by atoms with E-state index in [1.165, 1.54) is 4.31 Å². The van der Waals surface area contributed by atoms with Gasteiger partial charge in [-0.25, -0.2) is 8.42 Å². The van der Waals surface area contributed by atoms with Gasteiger partial charge in [0.25, 0.3) is 10.0 Å². The summed E-state index contributed by atoms with van der Waals surface area (Å²) >= 11 is 0. The number of nitrogens with one attached hydrogen (secondary N) is 1. The second-order valence-electron chi connectivity index (χ2n) is 10.7. The Morgan fingerprint density at radius 1 is 1.03 bits per heavy atom. The van der Waals surface area contributed by atoms with Crippen molar-refractivity contribution < 1.29 is 18.0 Å². The molecule has 1 aliphatic rings. The molecule has 0 bridgehead atoms. The van der Waals surface area contributed by atoms with E-state index in [-0.39, 0.29) is 24.8 Å². The molecular formula is C29H35N3O4S. The van der Waals surface area contributed by atoms with Crippen LogP contribution in [0.25, 0.3) is 10.8 Å². The Labute approximate surface area is 219 Å². The largest absolute Gasteiger partial charge is 0.350 e. The smallest absolute Gasteiger partial charge is 0.265 e. The molecule has 196 valence electrons. The minimum Gasteiger partial charge on any atom is -0.350 e. The molecule has 1 unspecified atom stereocenters. The highest BCUT2D eigenvalue weighted by Gasteiger charge is 2.35. The highest BCUT2D eigenvalue weighted by atomic mass is 32.2. The molecule has 2 amide bonds. The van der Waals surface area contributed by atoms with E-state index in [0.717, 1.165) is 21.9 Å². The van der Waals surface area contributed by atoms with Crippen molar-refractivity contribution in [3.8, 4) is 0 Å². The topological polar surface area (TPSA) is 86.8 Å². The van der Waals surface area contributed by atoms with Gasteiger partial charge in [-0.05, 0) is 64.1 Å². The number of benzene rings is 3. The van der Waals surface area contributed by atoms with Crippen LogP contribution < -0.4 is 9.62 Å². The first-order valence-corrected chi connectivity index (χ1v) is 14.0. The standard InChI is InChI=1S/C29H35N3O4S/c1-20-10-6-11-22(18-20)19-31(21(2)28(34)30-29(3,4)5)26(33)16-9-17-32-24-14-7-12-23-13-8-15-25(27(23)24)37(32,35)36/h6-8,10-15,18,21H,9,16-17,19H2,1-5H3,(H,30,34). The Morgan fingerprint density at radius 3 is 2.38 bits per heavy atom. The molecule has 8 heteroatoms. The molecular weight excluding hydrogens is 486 g/mol. The van der Waals surface area contributed by atoms with Crippen molar-refractivity contribution in [3.63, 3.8) is 0 Å². The Hall–Kier alpha value is -3.39. The summed E-state index contributed by atoms with van der Waals surface area (Å²) in [5, 5.41) is 4.57. The maximum Gasteiger partial charge on any atom is 0.265 e. The van der Waals surface area contributed by atoms with Gasteiger partial charge >= 0.3 is 0 Å². The van der Waals surface area contributed by atoms with Gasteiger partial charge in [0.15, 0.2) is 0 Å². The third-order valence-electron chi connectivity index (χ3n) is 6.53. The number of hydrogen-bond acceptors (Lipinski definition) is 4. The summed E-state index contributed by atoms with van der Waals surface area (Å²) < 4.78 is 27.9. The van der Waals surface area contributed by atoms with Crippen molar-refractivity contribution in [1.29, 1.82) is 0 Å². The highest BCUT2D eigenvalue weighted by molar-refractivity contribution is 7.93. The fourth-order valence-corrected chi connectivity index (χ4v) is 6.53. The lowest BCUT2D eigenvalue weighted by Gasteiger charge is -2.32. The van der Waals surface area contributed by atoms with E-state index in [2.05, 4.69) is 5.32 Å². The molecule has 1 aliphatic heterocycles. The predicted octanol–water partition coefficient (Wildman–Crippen LogP) is 4.77. The number of anilines is 1. The zero-order chi connectivity index (χ0) is 27.0. The summed E-state index contributed by atoms with van der Waals surface area (Å²) in [6, 6.07) is 18.0. The molecule has 0 saturated heterocycles. The van der Waals surface area contributed by atoms with Crippen molar-refractivity contribution in [3.05, 3.63) is 71.8 Å². The lowest BCUT2D eigenvalue weighted by molar-refractivity contribution is -0.141. The number of rotatable bonds is 8. The number of aryl methyl sites for hydroxylation is 1. The number of carbonyl (C=O) groups is 2. The van der Waals surface area contributed by atoms with Gasteiger partial charge in [0, 0.05) is 30.4 Å². The summed E-state index contributed by atoms with van der Waals surface area (Å²) in [6.07, 6.45) is 0.456. The molecule has 0 fully saturated rings. The number of hydrogen-bond donors (Lipinski definition) is 1. The number of sulfonamides is 1. The monoisotopic (exact) mass is 521 g/mol. The van der Waals surface area contributed by atoms with E-state index in [9.17, 15) is 18.0 Å². The van der Waals surface area contributed by atoms with Crippen molar-refractivity contribution in [2.24, 2.45) is 0 Å². The van der Waals surface area contributed by atoms with E-state index in [1.54, 1.807) is 30.0 Å². The molecule has 37 heavy (non-hydrogen) atoms. The molecule has 4 rings (SSSR count).